The fourth-order valence-corrected chi connectivity index (χ4v) is 3.13. The van der Waals surface area contributed by atoms with E-state index in [9.17, 15) is 9.90 Å². The molecule has 3 rings (SSSR count). The third kappa shape index (κ3) is 3.23. The highest BCUT2D eigenvalue weighted by atomic mass is 35.5. The Morgan fingerprint density at radius 2 is 1.80 bits per heavy atom. The summed E-state index contributed by atoms with van der Waals surface area (Å²) in [5, 5.41) is 14.4. The highest BCUT2D eigenvalue weighted by Crippen LogP contribution is 2.39. The number of aromatic nitrogens is 1. The van der Waals surface area contributed by atoms with Gasteiger partial charge in [0.15, 0.2) is 5.76 Å². The van der Waals surface area contributed by atoms with E-state index in [1.807, 2.05) is 48.5 Å². The number of aryl methyl sites for hydroxylation is 1. The van der Waals surface area contributed by atoms with Crippen molar-refractivity contribution in [3.8, 4) is 11.3 Å². The molecule has 1 amide bonds. The Labute approximate surface area is 150 Å². The second kappa shape index (κ2) is 6.99. The molecular weight excluding hydrogens is 340 g/mol. The van der Waals surface area contributed by atoms with E-state index in [4.69, 9.17) is 16.1 Å². The van der Waals surface area contributed by atoms with E-state index in [1.165, 1.54) is 4.90 Å². The van der Waals surface area contributed by atoms with E-state index in [2.05, 4.69) is 5.16 Å². The van der Waals surface area contributed by atoms with Gasteiger partial charge >= 0.3 is 6.09 Å². The summed E-state index contributed by atoms with van der Waals surface area (Å²) in [6.07, 6.45) is -1.10. The SMILES string of the molecule is Cc1noc(-c2ccccc2)c1N(C(=O)O)[C@H](C)c1ccccc1Cl. The van der Waals surface area contributed by atoms with Crippen molar-refractivity contribution in [3.63, 3.8) is 0 Å². The van der Waals surface area contributed by atoms with E-state index < -0.39 is 12.1 Å². The molecule has 0 aliphatic carbocycles. The van der Waals surface area contributed by atoms with Crippen LogP contribution in [-0.4, -0.2) is 16.4 Å². The van der Waals surface area contributed by atoms with Crippen LogP contribution in [0.4, 0.5) is 10.5 Å². The Balaban J connectivity index is 2.13. The maximum Gasteiger partial charge on any atom is 0.412 e. The van der Waals surface area contributed by atoms with Gasteiger partial charge in [-0.25, -0.2) is 4.79 Å². The van der Waals surface area contributed by atoms with Crippen molar-refractivity contribution in [1.29, 1.82) is 0 Å². The van der Waals surface area contributed by atoms with Crippen LogP contribution in [0.5, 0.6) is 0 Å². The van der Waals surface area contributed by atoms with Gasteiger partial charge < -0.3 is 9.63 Å². The van der Waals surface area contributed by atoms with Crippen molar-refractivity contribution in [2.75, 3.05) is 4.90 Å². The molecule has 25 heavy (non-hydrogen) atoms. The van der Waals surface area contributed by atoms with Gasteiger partial charge in [-0.15, -0.1) is 0 Å². The Morgan fingerprint density at radius 1 is 1.16 bits per heavy atom. The summed E-state index contributed by atoms with van der Waals surface area (Å²) in [5.41, 5.74) is 2.40. The largest absolute Gasteiger partial charge is 0.465 e. The zero-order chi connectivity index (χ0) is 18.0. The molecular formula is C19H17ClN2O3. The van der Waals surface area contributed by atoms with Crippen LogP contribution in [0, 0.1) is 6.92 Å². The summed E-state index contributed by atoms with van der Waals surface area (Å²) in [4.78, 5) is 13.3. The number of rotatable bonds is 4. The molecule has 0 radical (unpaired) electrons. The van der Waals surface area contributed by atoms with Crippen LogP contribution in [0.15, 0.2) is 59.1 Å². The number of hydrogen-bond donors (Lipinski definition) is 1. The Morgan fingerprint density at radius 3 is 2.44 bits per heavy atom. The number of nitrogens with zero attached hydrogens (tertiary/aromatic N) is 2. The van der Waals surface area contributed by atoms with E-state index in [1.54, 1.807) is 19.9 Å². The minimum absolute atomic E-state index is 0.416. The van der Waals surface area contributed by atoms with Gasteiger partial charge in [0, 0.05) is 10.6 Å². The van der Waals surface area contributed by atoms with Gasteiger partial charge in [-0.3, -0.25) is 4.90 Å². The predicted molar refractivity (Wildman–Crippen MR) is 97.0 cm³/mol. The van der Waals surface area contributed by atoms with Crippen LogP contribution in [0.2, 0.25) is 5.02 Å². The molecule has 0 saturated carbocycles. The first-order valence-corrected chi connectivity index (χ1v) is 8.16. The molecule has 2 aromatic carbocycles. The zero-order valence-electron chi connectivity index (χ0n) is 13.8. The van der Waals surface area contributed by atoms with Gasteiger partial charge in [-0.2, -0.15) is 0 Å². The molecule has 1 atom stereocenters. The van der Waals surface area contributed by atoms with Crippen LogP contribution >= 0.6 is 11.6 Å². The van der Waals surface area contributed by atoms with Gasteiger partial charge in [0.25, 0.3) is 0 Å². The zero-order valence-corrected chi connectivity index (χ0v) is 14.6. The van der Waals surface area contributed by atoms with Crippen LogP contribution in [-0.2, 0) is 0 Å². The van der Waals surface area contributed by atoms with Crippen LogP contribution in [0.1, 0.15) is 24.2 Å². The molecule has 3 aromatic rings. The van der Waals surface area contributed by atoms with Gasteiger partial charge in [0.2, 0.25) is 0 Å². The lowest BCUT2D eigenvalue weighted by molar-refractivity contribution is 0.199. The number of anilines is 1. The Bertz CT molecular complexity index is 893. The van der Waals surface area contributed by atoms with Crippen LogP contribution < -0.4 is 4.90 Å². The lowest BCUT2D eigenvalue weighted by Gasteiger charge is -2.27. The first-order chi connectivity index (χ1) is 12.0. The second-order valence-electron chi connectivity index (χ2n) is 5.66. The fraction of sp³-hybridized carbons (Fsp3) is 0.158. The van der Waals surface area contributed by atoms with Crippen molar-refractivity contribution in [3.05, 3.63) is 70.9 Å². The molecule has 6 heteroatoms. The quantitative estimate of drug-likeness (QED) is 0.665. The van der Waals surface area contributed by atoms with Crippen LogP contribution in [0.3, 0.4) is 0 Å². The highest BCUT2D eigenvalue weighted by Gasteiger charge is 2.31. The summed E-state index contributed by atoms with van der Waals surface area (Å²) in [7, 11) is 0. The first-order valence-electron chi connectivity index (χ1n) is 7.79. The molecule has 128 valence electrons. The molecule has 0 unspecified atom stereocenters. The van der Waals surface area contributed by atoms with E-state index in [0.29, 0.717) is 27.7 Å². The topological polar surface area (TPSA) is 66.6 Å². The van der Waals surface area contributed by atoms with Crippen molar-refractivity contribution in [2.45, 2.75) is 19.9 Å². The van der Waals surface area contributed by atoms with Gasteiger partial charge in [-0.05, 0) is 25.5 Å². The van der Waals surface area contributed by atoms with Crippen molar-refractivity contribution >= 4 is 23.4 Å². The minimum Gasteiger partial charge on any atom is -0.465 e. The van der Waals surface area contributed by atoms with Crippen LogP contribution in [0.25, 0.3) is 11.3 Å². The summed E-state index contributed by atoms with van der Waals surface area (Å²) >= 11 is 6.27. The third-order valence-electron chi connectivity index (χ3n) is 4.06. The maximum absolute atomic E-state index is 12.1. The average molecular weight is 357 g/mol. The van der Waals surface area contributed by atoms with E-state index >= 15 is 0 Å². The minimum atomic E-state index is -1.10. The van der Waals surface area contributed by atoms with E-state index in [0.717, 1.165) is 5.56 Å². The monoisotopic (exact) mass is 356 g/mol. The normalized spacial score (nSPS) is 12.0. The van der Waals surface area contributed by atoms with Crippen molar-refractivity contribution < 1.29 is 14.4 Å². The third-order valence-corrected chi connectivity index (χ3v) is 4.40. The van der Waals surface area contributed by atoms with Gasteiger partial charge in [0.1, 0.15) is 11.4 Å². The average Bonchev–Trinajstić information content (AvgIpc) is 2.97. The van der Waals surface area contributed by atoms with E-state index in [-0.39, 0.29) is 0 Å². The fourth-order valence-electron chi connectivity index (χ4n) is 2.84. The molecule has 1 aromatic heterocycles. The lowest BCUT2D eigenvalue weighted by Crippen LogP contribution is -2.33. The molecule has 5 nitrogen and oxygen atoms in total. The summed E-state index contributed by atoms with van der Waals surface area (Å²) in [6.45, 7) is 3.51. The number of carbonyl (C=O) groups is 1. The molecule has 1 heterocycles. The molecule has 0 aliphatic heterocycles. The Hall–Kier alpha value is -2.79. The Kier molecular flexibility index (Phi) is 4.76. The van der Waals surface area contributed by atoms with Crippen molar-refractivity contribution in [2.24, 2.45) is 0 Å². The number of benzene rings is 2. The second-order valence-corrected chi connectivity index (χ2v) is 6.07. The molecule has 0 spiro atoms. The summed E-state index contributed by atoms with van der Waals surface area (Å²) in [5.74, 6) is 0.416. The predicted octanol–water partition coefficient (Wildman–Crippen LogP) is 5.55. The smallest absolute Gasteiger partial charge is 0.412 e. The first kappa shape index (κ1) is 17.0. The summed E-state index contributed by atoms with van der Waals surface area (Å²) in [6, 6.07) is 16.0. The molecule has 1 N–H and O–H groups in total. The maximum atomic E-state index is 12.1. The van der Waals surface area contributed by atoms with Gasteiger partial charge in [-0.1, -0.05) is 65.3 Å². The van der Waals surface area contributed by atoms with Gasteiger partial charge in [0.05, 0.1) is 6.04 Å². The standard InChI is InChI=1S/C19H17ClN2O3/c1-12-17(18(25-21-12)14-8-4-3-5-9-14)22(19(23)24)13(2)15-10-6-7-11-16(15)20/h3-11,13H,1-2H3,(H,23,24)/t13-/m1/s1. The summed E-state index contributed by atoms with van der Waals surface area (Å²) < 4.78 is 5.44. The number of carboxylic acid groups (broad SMARTS) is 1. The lowest BCUT2D eigenvalue weighted by atomic mass is 10.0. The molecule has 0 aliphatic rings. The molecule has 0 saturated heterocycles. The number of amides is 1. The number of halogens is 1. The highest BCUT2D eigenvalue weighted by molar-refractivity contribution is 6.31. The van der Waals surface area contributed by atoms with Crippen molar-refractivity contribution in [1.82, 2.24) is 5.16 Å². The molecule has 0 fully saturated rings. The molecule has 0 bridgehead atoms. The number of hydrogen-bond acceptors (Lipinski definition) is 3.